The quantitative estimate of drug-likeness (QED) is 0.793. The fraction of sp³-hybridized carbons (Fsp3) is 0.400. The molecule has 1 aromatic rings. The summed E-state index contributed by atoms with van der Waals surface area (Å²) in [5.41, 5.74) is 0. The third kappa shape index (κ3) is 2.07. The lowest BCUT2D eigenvalue weighted by Gasteiger charge is -2.31. The van der Waals surface area contributed by atoms with Gasteiger partial charge in [0.1, 0.15) is 5.75 Å². The molecular weight excluding hydrogens is 211 g/mol. The molecule has 15 heavy (non-hydrogen) atoms. The second-order valence-corrected chi connectivity index (χ2v) is 6.90. The van der Waals surface area contributed by atoms with E-state index in [2.05, 4.69) is 0 Å². The van der Waals surface area contributed by atoms with E-state index in [1.54, 1.807) is 61.8 Å². The molecule has 1 N–H and O–H groups in total. The highest BCUT2D eigenvalue weighted by Crippen LogP contribution is 2.49. The topological polar surface area (TPSA) is 43.8 Å². The van der Waals surface area contributed by atoms with Gasteiger partial charge in [0, 0.05) is 0 Å². The minimum absolute atomic E-state index is 0.0724. The Bertz CT molecular complexity index is 379. The van der Waals surface area contributed by atoms with Crippen LogP contribution in [0.2, 0.25) is 0 Å². The van der Waals surface area contributed by atoms with Crippen molar-refractivity contribution in [3.8, 4) is 5.75 Å². The number of benzene rings is 1. The first-order chi connectivity index (χ1) is 6.90. The van der Waals surface area contributed by atoms with E-state index in [-0.39, 0.29) is 5.75 Å². The zero-order valence-corrected chi connectivity index (χ0v) is 10.4. The molecule has 0 saturated carbocycles. The highest BCUT2D eigenvalue weighted by Gasteiger charge is 2.32. The summed E-state index contributed by atoms with van der Waals surface area (Å²) < 4.78 is 16.0. The Morgan fingerprint density at radius 2 is 1.53 bits per heavy atom. The number of hydrogen-bond donors (Lipinski definition) is 1. The molecule has 84 valence electrons. The third-order valence-corrected chi connectivity index (χ3v) is 5.45. The summed E-state index contributed by atoms with van der Waals surface area (Å²) in [6, 6.07) is 6.73. The summed E-state index contributed by atoms with van der Waals surface area (Å²) in [6.07, 6.45) is 0. The summed E-state index contributed by atoms with van der Waals surface area (Å²) in [6.45, 7) is 0. The molecule has 0 aliphatic heterocycles. The number of phenols is 1. The Balaban J connectivity index is 3.35. The monoisotopic (exact) mass is 228 g/mol. The van der Waals surface area contributed by atoms with Crippen molar-refractivity contribution in [1.29, 1.82) is 0 Å². The van der Waals surface area contributed by atoms with Crippen molar-refractivity contribution in [3.05, 3.63) is 24.3 Å². The van der Waals surface area contributed by atoms with Crippen molar-refractivity contribution in [1.82, 2.24) is 9.34 Å². The van der Waals surface area contributed by atoms with Crippen LogP contribution < -0.4 is 5.30 Å². The summed E-state index contributed by atoms with van der Waals surface area (Å²) >= 11 is 0. The second-order valence-electron chi connectivity index (χ2n) is 3.73. The molecule has 0 atom stereocenters. The molecule has 0 aromatic heterocycles. The summed E-state index contributed by atoms with van der Waals surface area (Å²) in [5.74, 6) is 0.0724. The van der Waals surface area contributed by atoms with Crippen LogP contribution in [0.5, 0.6) is 5.75 Å². The van der Waals surface area contributed by atoms with Gasteiger partial charge in [-0.1, -0.05) is 12.1 Å². The molecule has 0 spiro atoms. The highest BCUT2D eigenvalue weighted by atomic mass is 31.2. The predicted octanol–water partition coefficient (Wildman–Crippen LogP) is 1.33. The molecule has 0 amide bonds. The molecule has 4 nitrogen and oxygen atoms in total. The van der Waals surface area contributed by atoms with E-state index in [9.17, 15) is 9.67 Å². The van der Waals surface area contributed by atoms with Crippen LogP contribution in [0.1, 0.15) is 0 Å². The van der Waals surface area contributed by atoms with Gasteiger partial charge in [0.25, 0.3) is 0 Å². The van der Waals surface area contributed by atoms with E-state index >= 15 is 0 Å². The standard InChI is InChI=1S/C10H17N2O2P/c1-11(2)15(14,12(3)4)10-8-6-5-7-9(10)13/h5-8,13H,1-4H3. The summed E-state index contributed by atoms with van der Waals surface area (Å²) in [5, 5.41) is 10.2. The minimum atomic E-state index is -2.84. The Morgan fingerprint density at radius 1 is 1.07 bits per heavy atom. The van der Waals surface area contributed by atoms with Gasteiger partial charge in [-0.2, -0.15) is 0 Å². The van der Waals surface area contributed by atoms with Crippen LogP contribution in [0.3, 0.4) is 0 Å². The number of aromatic hydroxyl groups is 1. The average Bonchev–Trinajstić information content (AvgIpc) is 2.16. The highest BCUT2D eigenvalue weighted by molar-refractivity contribution is 7.67. The maximum absolute atomic E-state index is 12.7. The molecule has 0 heterocycles. The number of phenolic OH excluding ortho intramolecular Hbond substituents is 1. The zero-order valence-electron chi connectivity index (χ0n) is 9.51. The fourth-order valence-electron chi connectivity index (χ4n) is 1.50. The Kier molecular flexibility index (Phi) is 3.55. The minimum Gasteiger partial charge on any atom is -0.507 e. The van der Waals surface area contributed by atoms with Gasteiger partial charge in [-0.15, -0.1) is 0 Å². The predicted molar refractivity (Wildman–Crippen MR) is 62.7 cm³/mol. The lowest BCUT2D eigenvalue weighted by molar-refractivity contribution is 0.451. The SMILES string of the molecule is CN(C)P(=O)(c1ccccc1O)N(C)C. The van der Waals surface area contributed by atoms with E-state index in [0.717, 1.165) is 0 Å². The lowest BCUT2D eigenvalue weighted by atomic mass is 10.3. The molecule has 1 aromatic carbocycles. The van der Waals surface area contributed by atoms with Crippen molar-refractivity contribution in [2.24, 2.45) is 0 Å². The van der Waals surface area contributed by atoms with Crippen LogP contribution in [0.25, 0.3) is 0 Å². The fourth-order valence-corrected chi connectivity index (χ4v) is 3.73. The maximum Gasteiger partial charge on any atom is 0.248 e. The van der Waals surface area contributed by atoms with Crippen LogP contribution >= 0.6 is 7.44 Å². The lowest BCUT2D eigenvalue weighted by Crippen LogP contribution is -2.28. The van der Waals surface area contributed by atoms with Crippen LogP contribution in [0, 0.1) is 0 Å². The summed E-state index contributed by atoms with van der Waals surface area (Å²) in [7, 11) is 4.14. The van der Waals surface area contributed by atoms with Gasteiger partial charge in [-0.05, 0) is 40.3 Å². The smallest absolute Gasteiger partial charge is 0.248 e. The van der Waals surface area contributed by atoms with Crippen molar-refractivity contribution >= 4 is 12.7 Å². The third-order valence-electron chi connectivity index (χ3n) is 2.28. The van der Waals surface area contributed by atoms with E-state index < -0.39 is 7.44 Å². The van der Waals surface area contributed by atoms with Crippen molar-refractivity contribution < 1.29 is 9.67 Å². The first kappa shape index (κ1) is 12.2. The van der Waals surface area contributed by atoms with Crippen molar-refractivity contribution in [3.63, 3.8) is 0 Å². The number of para-hydroxylation sites is 1. The molecular formula is C10H17N2O2P. The average molecular weight is 228 g/mol. The van der Waals surface area contributed by atoms with Crippen molar-refractivity contribution in [2.75, 3.05) is 28.2 Å². The van der Waals surface area contributed by atoms with Crippen LogP contribution in [-0.4, -0.2) is 42.6 Å². The number of hydrogen-bond acceptors (Lipinski definition) is 2. The van der Waals surface area contributed by atoms with Crippen LogP contribution in [0.4, 0.5) is 0 Å². The van der Waals surface area contributed by atoms with E-state index in [4.69, 9.17) is 0 Å². The van der Waals surface area contributed by atoms with Gasteiger partial charge in [0.15, 0.2) is 0 Å². The first-order valence-corrected chi connectivity index (χ1v) is 6.26. The van der Waals surface area contributed by atoms with Gasteiger partial charge in [-0.3, -0.25) is 4.57 Å². The van der Waals surface area contributed by atoms with Gasteiger partial charge < -0.3 is 5.11 Å². The molecule has 1 rings (SSSR count). The molecule has 0 bridgehead atoms. The second kappa shape index (κ2) is 4.35. The van der Waals surface area contributed by atoms with Gasteiger partial charge in [0.2, 0.25) is 7.44 Å². The molecule has 0 aliphatic carbocycles. The molecule has 0 saturated heterocycles. The molecule has 0 fully saturated rings. The number of nitrogens with zero attached hydrogens (tertiary/aromatic N) is 2. The van der Waals surface area contributed by atoms with E-state index in [0.29, 0.717) is 5.30 Å². The molecule has 0 radical (unpaired) electrons. The maximum atomic E-state index is 12.7. The molecule has 0 unspecified atom stereocenters. The van der Waals surface area contributed by atoms with Gasteiger partial charge in [-0.25, -0.2) is 9.34 Å². The number of rotatable bonds is 3. The van der Waals surface area contributed by atoms with Crippen molar-refractivity contribution in [2.45, 2.75) is 0 Å². The van der Waals surface area contributed by atoms with Crippen LogP contribution in [-0.2, 0) is 4.57 Å². The van der Waals surface area contributed by atoms with Gasteiger partial charge in [0.05, 0.1) is 5.30 Å². The van der Waals surface area contributed by atoms with E-state index in [1.165, 1.54) is 0 Å². The van der Waals surface area contributed by atoms with E-state index in [1.807, 2.05) is 0 Å². The van der Waals surface area contributed by atoms with Gasteiger partial charge >= 0.3 is 0 Å². The summed E-state index contributed by atoms with van der Waals surface area (Å²) in [4.78, 5) is 0. The normalized spacial score (nSPS) is 12.4. The zero-order chi connectivity index (χ0) is 11.6. The first-order valence-electron chi connectivity index (χ1n) is 4.65. The molecule has 0 aliphatic rings. The van der Waals surface area contributed by atoms with Crippen LogP contribution in [0.15, 0.2) is 24.3 Å². The Morgan fingerprint density at radius 3 is 1.93 bits per heavy atom. The Labute approximate surface area is 90.6 Å². The molecule has 5 heteroatoms. The largest absolute Gasteiger partial charge is 0.507 e. The Hall–Kier alpha value is -0.830.